The molecule has 2 aliphatic rings. The lowest BCUT2D eigenvalue weighted by molar-refractivity contribution is 0.106. The van der Waals surface area contributed by atoms with Gasteiger partial charge in [-0.25, -0.2) is 0 Å². The predicted octanol–water partition coefficient (Wildman–Crippen LogP) is 1.58. The van der Waals surface area contributed by atoms with Gasteiger partial charge in [-0.05, 0) is 26.2 Å². The number of nitrogens with zero attached hydrogens (tertiary/aromatic N) is 1. The van der Waals surface area contributed by atoms with E-state index >= 15 is 0 Å². The average Bonchev–Trinajstić information content (AvgIpc) is 2.63. The molecule has 0 amide bonds. The van der Waals surface area contributed by atoms with Crippen molar-refractivity contribution in [2.24, 2.45) is 10.9 Å². The van der Waals surface area contributed by atoms with Crippen LogP contribution in [0.15, 0.2) is 4.99 Å². The molecule has 0 aromatic rings. The SMILES string of the molecule is CC1OCCC1CNC1=NCCCC1. The molecule has 14 heavy (non-hydrogen) atoms. The highest BCUT2D eigenvalue weighted by Crippen LogP contribution is 2.19. The van der Waals surface area contributed by atoms with Crippen LogP contribution in [0.4, 0.5) is 0 Å². The Kier molecular flexibility index (Phi) is 3.40. The van der Waals surface area contributed by atoms with Gasteiger partial charge in [-0.15, -0.1) is 0 Å². The highest BCUT2D eigenvalue weighted by Gasteiger charge is 2.24. The van der Waals surface area contributed by atoms with E-state index in [1.165, 1.54) is 25.1 Å². The van der Waals surface area contributed by atoms with Crippen molar-refractivity contribution in [3.05, 3.63) is 0 Å². The van der Waals surface area contributed by atoms with Gasteiger partial charge in [0.15, 0.2) is 0 Å². The second-order valence-corrected chi connectivity index (χ2v) is 4.29. The van der Waals surface area contributed by atoms with E-state index in [1.54, 1.807) is 0 Å². The fraction of sp³-hybridized carbons (Fsp3) is 0.909. The first-order valence-electron chi connectivity index (χ1n) is 5.75. The highest BCUT2D eigenvalue weighted by molar-refractivity contribution is 5.82. The number of rotatable bonds is 2. The van der Waals surface area contributed by atoms with E-state index < -0.39 is 0 Å². The number of amidine groups is 1. The lowest BCUT2D eigenvalue weighted by Crippen LogP contribution is -2.33. The number of hydrogen-bond donors (Lipinski definition) is 1. The summed E-state index contributed by atoms with van der Waals surface area (Å²) in [5.41, 5.74) is 0. The lowest BCUT2D eigenvalue weighted by atomic mass is 10.0. The van der Waals surface area contributed by atoms with Crippen LogP contribution in [0.5, 0.6) is 0 Å². The standard InChI is InChI=1S/C11H20N2O/c1-9-10(5-7-14-9)8-13-11-4-2-3-6-12-11/h9-10H,2-8H2,1H3,(H,12,13). The van der Waals surface area contributed by atoms with E-state index in [1.807, 2.05) is 0 Å². The van der Waals surface area contributed by atoms with Crippen LogP contribution in [-0.4, -0.2) is 31.6 Å². The lowest BCUT2D eigenvalue weighted by Gasteiger charge is -2.18. The second-order valence-electron chi connectivity index (χ2n) is 4.29. The van der Waals surface area contributed by atoms with Crippen LogP contribution >= 0.6 is 0 Å². The normalized spacial score (nSPS) is 32.8. The maximum Gasteiger partial charge on any atom is 0.0963 e. The van der Waals surface area contributed by atoms with Crippen molar-refractivity contribution in [1.29, 1.82) is 0 Å². The van der Waals surface area contributed by atoms with Crippen molar-refractivity contribution >= 4 is 5.84 Å². The zero-order valence-corrected chi connectivity index (χ0v) is 8.96. The van der Waals surface area contributed by atoms with Gasteiger partial charge in [0, 0.05) is 32.0 Å². The minimum atomic E-state index is 0.423. The maximum atomic E-state index is 5.53. The molecule has 0 aliphatic carbocycles. The summed E-state index contributed by atoms with van der Waals surface area (Å²) >= 11 is 0. The average molecular weight is 196 g/mol. The van der Waals surface area contributed by atoms with Gasteiger partial charge >= 0.3 is 0 Å². The summed E-state index contributed by atoms with van der Waals surface area (Å²) in [4.78, 5) is 4.48. The Labute approximate surface area is 85.9 Å². The molecule has 0 bridgehead atoms. The van der Waals surface area contributed by atoms with Crippen LogP contribution in [0.25, 0.3) is 0 Å². The molecule has 0 saturated carbocycles. The third kappa shape index (κ3) is 2.47. The van der Waals surface area contributed by atoms with Crippen molar-refractivity contribution in [3.8, 4) is 0 Å². The largest absolute Gasteiger partial charge is 0.378 e. The van der Waals surface area contributed by atoms with Crippen LogP contribution in [0.1, 0.15) is 32.6 Å². The van der Waals surface area contributed by atoms with E-state index in [-0.39, 0.29) is 0 Å². The Morgan fingerprint density at radius 1 is 1.50 bits per heavy atom. The molecule has 2 heterocycles. The molecule has 1 N–H and O–H groups in total. The van der Waals surface area contributed by atoms with Gasteiger partial charge in [-0.1, -0.05) is 0 Å². The van der Waals surface area contributed by atoms with Crippen LogP contribution in [-0.2, 0) is 4.74 Å². The predicted molar refractivity (Wildman–Crippen MR) is 57.7 cm³/mol. The van der Waals surface area contributed by atoms with Crippen LogP contribution in [0.2, 0.25) is 0 Å². The maximum absolute atomic E-state index is 5.53. The Morgan fingerprint density at radius 2 is 2.43 bits per heavy atom. The van der Waals surface area contributed by atoms with Gasteiger partial charge in [0.05, 0.1) is 11.9 Å². The summed E-state index contributed by atoms with van der Waals surface area (Å²) in [5, 5.41) is 3.46. The Hall–Kier alpha value is -0.570. The van der Waals surface area contributed by atoms with Crippen molar-refractivity contribution in [2.75, 3.05) is 19.7 Å². The molecule has 1 fully saturated rings. The van der Waals surface area contributed by atoms with Gasteiger partial charge in [0.1, 0.15) is 0 Å². The van der Waals surface area contributed by atoms with Crippen LogP contribution in [0, 0.1) is 5.92 Å². The molecule has 0 aromatic carbocycles. The zero-order valence-electron chi connectivity index (χ0n) is 8.96. The molecule has 0 aromatic heterocycles. The van der Waals surface area contributed by atoms with Crippen molar-refractivity contribution in [3.63, 3.8) is 0 Å². The third-order valence-corrected chi connectivity index (χ3v) is 3.23. The van der Waals surface area contributed by atoms with E-state index in [4.69, 9.17) is 4.74 Å². The fourth-order valence-electron chi connectivity index (χ4n) is 2.13. The zero-order chi connectivity index (χ0) is 9.80. The second kappa shape index (κ2) is 4.78. The molecular weight excluding hydrogens is 176 g/mol. The monoisotopic (exact) mass is 196 g/mol. The Balaban J connectivity index is 1.73. The van der Waals surface area contributed by atoms with Gasteiger partial charge in [0.2, 0.25) is 0 Å². The van der Waals surface area contributed by atoms with Crippen molar-refractivity contribution in [2.45, 2.75) is 38.7 Å². The number of hydrogen-bond acceptors (Lipinski definition) is 3. The molecule has 80 valence electrons. The first-order valence-corrected chi connectivity index (χ1v) is 5.75. The molecule has 3 nitrogen and oxygen atoms in total. The molecule has 3 heteroatoms. The van der Waals surface area contributed by atoms with Gasteiger partial charge < -0.3 is 10.1 Å². The topological polar surface area (TPSA) is 33.6 Å². The first kappa shape index (κ1) is 9.97. The summed E-state index contributed by atoms with van der Waals surface area (Å²) < 4.78 is 5.53. The van der Waals surface area contributed by atoms with E-state index in [0.29, 0.717) is 12.0 Å². The van der Waals surface area contributed by atoms with Crippen LogP contribution in [0.3, 0.4) is 0 Å². The number of ether oxygens (including phenoxy) is 1. The summed E-state index contributed by atoms with van der Waals surface area (Å²) in [7, 11) is 0. The minimum Gasteiger partial charge on any atom is -0.378 e. The van der Waals surface area contributed by atoms with Crippen molar-refractivity contribution < 1.29 is 4.74 Å². The number of nitrogens with one attached hydrogen (secondary N) is 1. The molecule has 0 radical (unpaired) electrons. The summed E-state index contributed by atoms with van der Waals surface area (Å²) in [5.74, 6) is 1.90. The summed E-state index contributed by atoms with van der Waals surface area (Å²) in [6.45, 7) is 5.15. The molecule has 2 atom stereocenters. The van der Waals surface area contributed by atoms with Gasteiger partial charge in [-0.3, -0.25) is 4.99 Å². The van der Waals surface area contributed by atoms with E-state index in [0.717, 1.165) is 26.1 Å². The van der Waals surface area contributed by atoms with Crippen LogP contribution < -0.4 is 5.32 Å². The summed E-state index contributed by atoms with van der Waals surface area (Å²) in [6, 6.07) is 0. The molecule has 2 unspecified atom stereocenters. The first-order chi connectivity index (χ1) is 6.86. The molecule has 2 rings (SSSR count). The van der Waals surface area contributed by atoms with Crippen molar-refractivity contribution in [1.82, 2.24) is 5.32 Å². The minimum absolute atomic E-state index is 0.423. The highest BCUT2D eigenvalue weighted by atomic mass is 16.5. The number of aliphatic imine (C=N–C) groups is 1. The molecule has 0 spiro atoms. The molecular formula is C11H20N2O. The fourth-order valence-corrected chi connectivity index (χ4v) is 2.13. The van der Waals surface area contributed by atoms with E-state index in [2.05, 4.69) is 17.2 Å². The quantitative estimate of drug-likeness (QED) is 0.727. The third-order valence-electron chi connectivity index (χ3n) is 3.23. The smallest absolute Gasteiger partial charge is 0.0963 e. The Morgan fingerprint density at radius 3 is 3.07 bits per heavy atom. The molecule has 2 aliphatic heterocycles. The Bertz CT molecular complexity index is 215. The molecule has 1 saturated heterocycles. The van der Waals surface area contributed by atoms with Gasteiger partial charge in [-0.2, -0.15) is 0 Å². The van der Waals surface area contributed by atoms with E-state index in [9.17, 15) is 0 Å². The van der Waals surface area contributed by atoms with Gasteiger partial charge in [0.25, 0.3) is 0 Å². The summed E-state index contributed by atoms with van der Waals surface area (Å²) in [6.07, 6.45) is 5.31.